The first-order valence-corrected chi connectivity index (χ1v) is 11.4. The summed E-state index contributed by atoms with van der Waals surface area (Å²) in [5.74, 6) is 2.20. The number of nitrogens with zero attached hydrogens (tertiary/aromatic N) is 2. The third kappa shape index (κ3) is 8.63. The van der Waals surface area contributed by atoms with Gasteiger partial charge in [0, 0.05) is 46.7 Å². The maximum Gasteiger partial charge on any atom is 0.213 e. The molecule has 2 rings (SSSR count). The number of halogens is 1. The van der Waals surface area contributed by atoms with Crippen molar-refractivity contribution in [1.82, 2.24) is 15.6 Å². The first-order chi connectivity index (χ1) is 13.0. The number of aliphatic imine (C=N–C) groups is 1. The van der Waals surface area contributed by atoms with Crippen LogP contribution < -0.4 is 15.4 Å². The van der Waals surface area contributed by atoms with Crippen LogP contribution in [0, 0.1) is 0 Å². The van der Waals surface area contributed by atoms with Crippen molar-refractivity contribution >= 4 is 40.7 Å². The van der Waals surface area contributed by atoms with Crippen molar-refractivity contribution in [2.24, 2.45) is 4.99 Å². The summed E-state index contributed by atoms with van der Waals surface area (Å²) in [5, 5.41) is 7.15. The van der Waals surface area contributed by atoms with E-state index in [9.17, 15) is 4.21 Å². The summed E-state index contributed by atoms with van der Waals surface area (Å²) in [7, 11) is -0.713. The Morgan fingerprint density at radius 1 is 1.36 bits per heavy atom. The van der Waals surface area contributed by atoms with Gasteiger partial charge in [-0.1, -0.05) is 19.4 Å². The summed E-state index contributed by atoms with van der Waals surface area (Å²) in [4.78, 5) is 9.03. The summed E-state index contributed by atoms with van der Waals surface area (Å²) in [5.41, 5.74) is 1.04. The molecule has 1 heterocycles. The average Bonchev–Trinajstić information content (AvgIpc) is 2.66. The fraction of sp³-hybridized carbons (Fsp3) is 0.700. The highest BCUT2D eigenvalue weighted by molar-refractivity contribution is 14.0. The van der Waals surface area contributed by atoms with E-state index in [-0.39, 0.29) is 30.1 Å². The normalized spacial score (nSPS) is 21.0. The molecule has 1 saturated carbocycles. The van der Waals surface area contributed by atoms with Gasteiger partial charge < -0.3 is 15.4 Å². The molecule has 1 fully saturated rings. The highest BCUT2D eigenvalue weighted by Crippen LogP contribution is 2.23. The van der Waals surface area contributed by atoms with Crippen LogP contribution in [0.4, 0.5) is 0 Å². The van der Waals surface area contributed by atoms with Crippen molar-refractivity contribution in [2.75, 3.05) is 12.3 Å². The van der Waals surface area contributed by atoms with Crippen LogP contribution in [-0.4, -0.2) is 44.8 Å². The first-order valence-electron chi connectivity index (χ1n) is 10.0. The number of nitrogens with one attached hydrogen (secondary N) is 2. The Bertz CT molecular complexity index is 625. The van der Waals surface area contributed by atoms with Crippen LogP contribution in [0.25, 0.3) is 0 Å². The topological polar surface area (TPSA) is 75.6 Å². The highest BCUT2D eigenvalue weighted by atomic mass is 127. The molecule has 0 bridgehead atoms. The maximum absolute atomic E-state index is 12.1. The molecule has 0 aliphatic heterocycles. The largest absolute Gasteiger partial charge is 0.475 e. The van der Waals surface area contributed by atoms with Crippen molar-refractivity contribution in [1.29, 1.82) is 0 Å². The van der Waals surface area contributed by atoms with Gasteiger partial charge in [0.05, 0.1) is 12.6 Å². The summed E-state index contributed by atoms with van der Waals surface area (Å²) < 4.78 is 17.7. The Balaban J connectivity index is 0.00000392. The fourth-order valence-electron chi connectivity index (χ4n) is 3.25. The third-order valence-corrected chi connectivity index (χ3v) is 6.28. The number of pyridine rings is 1. The molecule has 160 valence electrons. The molecule has 1 aromatic heterocycles. The van der Waals surface area contributed by atoms with Crippen molar-refractivity contribution in [3.8, 4) is 5.88 Å². The number of guanidine groups is 1. The van der Waals surface area contributed by atoms with E-state index in [2.05, 4.69) is 22.5 Å². The fourth-order valence-corrected chi connectivity index (χ4v) is 4.60. The molecule has 6 nitrogen and oxygen atoms in total. The van der Waals surface area contributed by atoms with Gasteiger partial charge >= 0.3 is 0 Å². The first kappa shape index (κ1) is 25.1. The van der Waals surface area contributed by atoms with Gasteiger partial charge in [0.2, 0.25) is 5.88 Å². The van der Waals surface area contributed by atoms with E-state index in [1.807, 2.05) is 39.1 Å². The molecule has 3 unspecified atom stereocenters. The van der Waals surface area contributed by atoms with Crippen LogP contribution in [0.1, 0.15) is 58.9 Å². The van der Waals surface area contributed by atoms with Gasteiger partial charge in [-0.15, -0.1) is 24.0 Å². The summed E-state index contributed by atoms with van der Waals surface area (Å²) in [6, 6.07) is 4.22. The van der Waals surface area contributed by atoms with Crippen molar-refractivity contribution < 1.29 is 8.95 Å². The van der Waals surface area contributed by atoms with Gasteiger partial charge in [0.15, 0.2) is 5.96 Å². The molecule has 28 heavy (non-hydrogen) atoms. The number of rotatable bonds is 8. The van der Waals surface area contributed by atoms with Gasteiger partial charge in [-0.3, -0.25) is 4.21 Å². The second-order valence-electron chi connectivity index (χ2n) is 7.17. The van der Waals surface area contributed by atoms with Gasteiger partial charge in [0.25, 0.3) is 0 Å². The minimum atomic E-state index is -0.713. The zero-order valence-corrected chi connectivity index (χ0v) is 20.6. The Labute approximate surface area is 189 Å². The quantitative estimate of drug-likeness (QED) is 0.310. The highest BCUT2D eigenvalue weighted by Gasteiger charge is 2.26. The van der Waals surface area contributed by atoms with Crippen molar-refractivity contribution in [2.45, 2.75) is 77.3 Å². The molecular formula is C20H35IN4O2S. The predicted octanol–water partition coefficient (Wildman–Crippen LogP) is 3.62. The number of hydrogen-bond acceptors (Lipinski definition) is 4. The second-order valence-corrected chi connectivity index (χ2v) is 9.17. The third-order valence-electron chi connectivity index (χ3n) is 4.54. The molecule has 0 amide bonds. The van der Waals surface area contributed by atoms with E-state index in [0.717, 1.165) is 49.5 Å². The molecule has 1 aliphatic rings. The van der Waals surface area contributed by atoms with E-state index < -0.39 is 10.8 Å². The van der Waals surface area contributed by atoms with Gasteiger partial charge in [-0.05, 0) is 45.6 Å². The van der Waals surface area contributed by atoms with E-state index >= 15 is 0 Å². The van der Waals surface area contributed by atoms with Crippen molar-refractivity contribution in [3.63, 3.8) is 0 Å². The van der Waals surface area contributed by atoms with E-state index in [0.29, 0.717) is 23.7 Å². The SMILES string of the molecule is CCNC(=NCc1ccc(OC(C)C)nc1)NC1CCCC(S(=O)CC)C1.I. The lowest BCUT2D eigenvalue weighted by atomic mass is 9.95. The monoisotopic (exact) mass is 522 g/mol. The van der Waals surface area contributed by atoms with Gasteiger partial charge in [-0.2, -0.15) is 0 Å². The summed E-state index contributed by atoms with van der Waals surface area (Å²) in [6.45, 7) is 9.40. The Morgan fingerprint density at radius 3 is 2.75 bits per heavy atom. The number of aromatic nitrogens is 1. The van der Waals surface area contributed by atoms with Crippen LogP contribution in [0.15, 0.2) is 23.3 Å². The van der Waals surface area contributed by atoms with E-state index in [1.165, 1.54) is 0 Å². The van der Waals surface area contributed by atoms with Crippen molar-refractivity contribution in [3.05, 3.63) is 23.9 Å². The van der Waals surface area contributed by atoms with Gasteiger partial charge in [0.1, 0.15) is 0 Å². The van der Waals surface area contributed by atoms with E-state index in [1.54, 1.807) is 0 Å². The lowest BCUT2D eigenvalue weighted by Gasteiger charge is -2.30. The zero-order valence-electron chi connectivity index (χ0n) is 17.4. The lowest BCUT2D eigenvalue weighted by Crippen LogP contribution is -2.46. The van der Waals surface area contributed by atoms with Gasteiger partial charge in [-0.25, -0.2) is 9.98 Å². The summed E-state index contributed by atoms with van der Waals surface area (Å²) in [6.07, 6.45) is 6.17. The van der Waals surface area contributed by atoms with Crippen LogP contribution >= 0.6 is 24.0 Å². The standard InChI is InChI=1S/C20H34N4O2S.HI/c1-5-21-20(24-17-8-7-9-18(12-17)27(25)6-2)23-14-16-10-11-19(22-13-16)26-15(3)4;/h10-11,13,15,17-18H,5-9,12,14H2,1-4H3,(H2,21,23,24);1H. The predicted molar refractivity (Wildman–Crippen MR) is 128 cm³/mol. The number of ether oxygens (including phenoxy) is 1. The Kier molecular flexibility index (Phi) is 12.0. The second kappa shape index (κ2) is 13.3. The molecule has 1 aliphatic carbocycles. The molecule has 0 radical (unpaired) electrons. The smallest absolute Gasteiger partial charge is 0.213 e. The van der Waals surface area contributed by atoms with E-state index in [4.69, 9.17) is 9.73 Å². The Morgan fingerprint density at radius 2 is 2.14 bits per heavy atom. The molecule has 0 spiro atoms. The molecular weight excluding hydrogens is 487 g/mol. The van der Waals surface area contributed by atoms with Crippen LogP contribution in [0.5, 0.6) is 5.88 Å². The maximum atomic E-state index is 12.1. The zero-order chi connectivity index (χ0) is 19.6. The molecule has 1 aromatic rings. The number of hydrogen-bond donors (Lipinski definition) is 2. The minimum absolute atomic E-state index is 0. The molecule has 8 heteroatoms. The Hall–Kier alpha value is -0.900. The molecule has 3 atom stereocenters. The average molecular weight is 522 g/mol. The van der Waals surface area contributed by atoms with Crippen LogP contribution in [-0.2, 0) is 17.3 Å². The molecule has 2 N–H and O–H groups in total. The van der Waals surface area contributed by atoms with Crippen LogP contribution in [0.3, 0.4) is 0 Å². The lowest BCUT2D eigenvalue weighted by molar-refractivity contribution is 0.232. The summed E-state index contributed by atoms with van der Waals surface area (Å²) >= 11 is 0. The van der Waals surface area contributed by atoms with Crippen LogP contribution in [0.2, 0.25) is 0 Å². The molecule has 0 saturated heterocycles. The minimum Gasteiger partial charge on any atom is -0.475 e. The molecule has 0 aromatic carbocycles.